The molecule has 10 nitrogen and oxygen atoms in total. The lowest BCUT2D eigenvalue weighted by Crippen LogP contribution is -2.54. The van der Waals surface area contributed by atoms with Crippen molar-refractivity contribution in [1.29, 1.82) is 0 Å². The minimum atomic E-state index is -2.07. The fourth-order valence-corrected chi connectivity index (χ4v) is 0.897. The molecule has 0 aromatic heterocycles. The number of amides is 2. The largest absolute Gasteiger partial charge is 0.394 e. The van der Waals surface area contributed by atoms with Crippen LogP contribution in [0.3, 0.4) is 0 Å². The van der Waals surface area contributed by atoms with Crippen LogP contribution in [0.25, 0.3) is 0 Å². The topological polar surface area (TPSA) is 180 Å². The summed E-state index contributed by atoms with van der Waals surface area (Å²) in [6, 6.07) is -2.93. The molecule has 2 amide bonds. The van der Waals surface area contributed by atoms with Crippen molar-refractivity contribution >= 4 is 11.8 Å². The van der Waals surface area contributed by atoms with Gasteiger partial charge in [0, 0.05) is 0 Å². The van der Waals surface area contributed by atoms with Crippen LogP contribution in [0.1, 0.15) is 0 Å². The number of hydrogen-bond donors (Lipinski definition) is 8. The van der Waals surface area contributed by atoms with Gasteiger partial charge in [-0.1, -0.05) is 0 Å². The van der Waals surface area contributed by atoms with Crippen LogP contribution in [0.2, 0.25) is 0 Å². The molecule has 0 bridgehead atoms. The first-order valence-electron chi connectivity index (χ1n) is 4.88. The Morgan fingerprint density at radius 1 is 0.778 bits per heavy atom. The lowest BCUT2D eigenvalue weighted by molar-refractivity contribution is -0.145. The van der Waals surface area contributed by atoms with Crippen molar-refractivity contribution in [3.8, 4) is 0 Å². The van der Waals surface area contributed by atoms with Gasteiger partial charge in [0.2, 0.25) is 0 Å². The maximum Gasteiger partial charge on any atom is 0.309 e. The summed E-state index contributed by atoms with van der Waals surface area (Å²) in [6.07, 6.45) is -4.13. The molecule has 0 aliphatic rings. The number of nitrogens with one attached hydrogen (secondary N) is 2. The predicted molar refractivity (Wildman–Crippen MR) is 54.5 cm³/mol. The van der Waals surface area contributed by atoms with E-state index in [2.05, 4.69) is 0 Å². The number of hydrogen-bond acceptors (Lipinski definition) is 8. The van der Waals surface area contributed by atoms with Crippen molar-refractivity contribution in [3.05, 3.63) is 0 Å². The highest BCUT2D eigenvalue weighted by atomic mass is 16.5. The number of aliphatic hydroxyl groups excluding tert-OH is 4. The third-order valence-corrected chi connectivity index (χ3v) is 1.95. The van der Waals surface area contributed by atoms with E-state index in [-0.39, 0.29) is 0 Å². The molecule has 18 heavy (non-hydrogen) atoms. The molecule has 0 aromatic rings. The molecule has 0 aromatic carbocycles. The number of rotatable bonds is 6. The number of carbonyl (C=O) groups is 2. The SMILES string of the molecule is O=C(NC(CO)C(O)O)C(=O)NC(CO)C(O)O. The van der Waals surface area contributed by atoms with Gasteiger partial charge < -0.3 is 41.3 Å². The van der Waals surface area contributed by atoms with Crippen LogP contribution in [0, 0.1) is 0 Å². The van der Waals surface area contributed by atoms with Crippen LogP contribution < -0.4 is 10.6 Å². The number of aliphatic hydroxyl groups is 6. The first-order valence-corrected chi connectivity index (χ1v) is 4.88. The summed E-state index contributed by atoms with van der Waals surface area (Å²) >= 11 is 0. The van der Waals surface area contributed by atoms with Crippen LogP contribution >= 0.6 is 0 Å². The molecule has 10 heteroatoms. The predicted octanol–water partition coefficient (Wildman–Crippen LogP) is -5.44. The van der Waals surface area contributed by atoms with E-state index in [0.717, 1.165) is 0 Å². The van der Waals surface area contributed by atoms with E-state index in [0.29, 0.717) is 0 Å². The zero-order valence-corrected chi connectivity index (χ0v) is 9.22. The monoisotopic (exact) mass is 268 g/mol. The molecule has 0 rings (SSSR count). The molecule has 0 fully saturated rings. The van der Waals surface area contributed by atoms with Crippen molar-refractivity contribution in [3.63, 3.8) is 0 Å². The maximum atomic E-state index is 11.2. The third-order valence-electron chi connectivity index (χ3n) is 1.95. The Bertz CT molecular complexity index is 254. The molecule has 0 heterocycles. The molecular formula is C8H16N2O8. The third kappa shape index (κ3) is 5.35. The van der Waals surface area contributed by atoms with Gasteiger partial charge in [-0.05, 0) is 0 Å². The lowest BCUT2D eigenvalue weighted by atomic mass is 10.2. The van der Waals surface area contributed by atoms with Crippen LogP contribution in [0.15, 0.2) is 0 Å². The van der Waals surface area contributed by atoms with Gasteiger partial charge in [0.25, 0.3) is 0 Å². The van der Waals surface area contributed by atoms with Crippen molar-refractivity contribution in [2.24, 2.45) is 0 Å². The van der Waals surface area contributed by atoms with Crippen LogP contribution in [-0.4, -0.2) is 80.3 Å². The Labute approximate surface area is 101 Å². The molecule has 0 saturated heterocycles. The van der Waals surface area contributed by atoms with Crippen LogP contribution in [0.5, 0.6) is 0 Å². The Balaban J connectivity index is 4.38. The normalized spacial score (nSPS) is 14.4. The van der Waals surface area contributed by atoms with E-state index in [1.54, 1.807) is 10.6 Å². The van der Waals surface area contributed by atoms with E-state index >= 15 is 0 Å². The molecule has 0 aliphatic heterocycles. The van der Waals surface area contributed by atoms with Crippen molar-refractivity contribution in [2.45, 2.75) is 24.7 Å². The zero-order chi connectivity index (χ0) is 14.3. The second kappa shape index (κ2) is 7.92. The van der Waals surface area contributed by atoms with Crippen molar-refractivity contribution < 1.29 is 40.2 Å². The van der Waals surface area contributed by atoms with Gasteiger partial charge in [-0.25, -0.2) is 0 Å². The molecule has 0 saturated carbocycles. The van der Waals surface area contributed by atoms with E-state index in [4.69, 9.17) is 30.6 Å². The Kier molecular flexibility index (Phi) is 7.35. The fourth-order valence-electron chi connectivity index (χ4n) is 0.897. The quantitative estimate of drug-likeness (QED) is 0.173. The maximum absolute atomic E-state index is 11.2. The van der Waals surface area contributed by atoms with Crippen molar-refractivity contribution in [2.75, 3.05) is 13.2 Å². The Hall–Kier alpha value is -1.30. The van der Waals surface area contributed by atoms with E-state index in [1.807, 2.05) is 0 Å². The van der Waals surface area contributed by atoms with E-state index < -0.39 is 49.7 Å². The van der Waals surface area contributed by atoms with Gasteiger partial charge in [0.05, 0.1) is 13.2 Å². The summed E-state index contributed by atoms with van der Waals surface area (Å²) in [7, 11) is 0. The Morgan fingerprint density at radius 3 is 1.22 bits per heavy atom. The molecule has 106 valence electrons. The second-order valence-corrected chi connectivity index (χ2v) is 3.35. The highest BCUT2D eigenvalue weighted by molar-refractivity contribution is 6.35. The standard InChI is InChI=1S/C8H16N2O8/c11-1-3(7(15)16)9-5(13)6(14)10-4(2-12)8(17)18/h3-4,7-8,11-12,15-18H,1-2H2,(H,9,13)(H,10,14). The lowest BCUT2D eigenvalue weighted by Gasteiger charge is -2.20. The zero-order valence-electron chi connectivity index (χ0n) is 9.22. The molecule has 2 atom stereocenters. The van der Waals surface area contributed by atoms with Gasteiger partial charge in [0.1, 0.15) is 12.1 Å². The van der Waals surface area contributed by atoms with Gasteiger partial charge in [0.15, 0.2) is 12.6 Å². The summed E-state index contributed by atoms with van der Waals surface area (Å²) in [6.45, 7) is -1.63. The average molecular weight is 268 g/mol. The second-order valence-electron chi connectivity index (χ2n) is 3.35. The van der Waals surface area contributed by atoms with E-state index in [1.165, 1.54) is 0 Å². The number of carbonyl (C=O) groups excluding carboxylic acids is 2. The summed E-state index contributed by atoms with van der Waals surface area (Å²) < 4.78 is 0. The smallest absolute Gasteiger partial charge is 0.309 e. The van der Waals surface area contributed by atoms with Crippen molar-refractivity contribution in [1.82, 2.24) is 10.6 Å². The first kappa shape index (κ1) is 16.7. The fraction of sp³-hybridized carbons (Fsp3) is 0.750. The highest BCUT2D eigenvalue weighted by Crippen LogP contribution is 1.91. The average Bonchev–Trinajstić information content (AvgIpc) is 2.31. The molecule has 8 N–H and O–H groups in total. The Morgan fingerprint density at radius 2 is 1.06 bits per heavy atom. The molecule has 0 aliphatic carbocycles. The minimum Gasteiger partial charge on any atom is -0.394 e. The minimum absolute atomic E-state index is 0.817. The highest BCUT2D eigenvalue weighted by Gasteiger charge is 2.26. The van der Waals surface area contributed by atoms with Crippen LogP contribution in [-0.2, 0) is 9.59 Å². The van der Waals surface area contributed by atoms with Gasteiger partial charge >= 0.3 is 11.8 Å². The van der Waals surface area contributed by atoms with Crippen LogP contribution in [0.4, 0.5) is 0 Å². The van der Waals surface area contributed by atoms with Gasteiger partial charge in [-0.15, -0.1) is 0 Å². The molecule has 0 spiro atoms. The molecule has 0 radical (unpaired) electrons. The van der Waals surface area contributed by atoms with Gasteiger partial charge in [-0.3, -0.25) is 9.59 Å². The summed E-state index contributed by atoms with van der Waals surface area (Å²) in [5.41, 5.74) is 0. The van der Waals surface area contributed by atoms with E-state index in [9.17, 15) is 9.59 Å². The molecular weight excluding hydrogens is 252 g/mol. The first-order chi connectivity index (χ1) is 8.33. The molecule has 2 unspecified atom stereocenters. The summed E-state index contributed by atoms with van der Waals surface area (Å²) in [5.74, 6) is -2.66. The summed E-state index contributed by atoms with van der Waals surface area (Å²) in [5, 5.41) is 55.6. The van der Waals surface area contributed by atoms with Gasteiger partial charge in [-0.2, -0.15) is 0 Å². The summed E-state index contributed by atoms with van der Waals surface area (Å²) in [4.78, 5) is 22.4.